The molecule has 1 aliphatic carbocycles. The van der Waals surface area contributed by atoms with Crippen LogP contribution in [0.25, 0.3) is 0 Å². The molecule has 0 unspecified atom stereocenters. The van der Waals surface area contributed by atoms with Crippen molar-refractivity contribution in [2.75, 3.05) is 32.6 Å². The molecule has 1 saturated carbocycles. The highest BCUT2D eigenvalue weighted by atomic mass is 35.5. The van der Waals surface area contributed by atoms with E-state index in [4.69, 9.17) is 16.6 Å². The van der Waals surface area contributed by atoms with Crippen LogP contribution in [0.5, 0.6) is 0 Å². The quantitative estimate of drug-likeness (QED) is 0.779. The van der Waals surface area contributed by atoms with Crippen LogP contribution in [0.15, 0.2) is 0 Å². The molecular formula is C16H27ClN4. The van der Waals surface area contributed by atoms with E-state index in [-0.39, 0.29) is 11.5 Å². The zero-order valence-electron chi connectivity index (χ0n) is 14.1. The molecule has 1 aliphatic rings. The summed E-state index contributed by atoms with van der Waals surface area (Å²) >= 11 is 6.30. The standard InChI is InChI=1S/C16H27ClN4/c1-11(2)14-18-13(17)12(3)15(19-14)21(6)10-16(20(4)5)8-7-9-16/h11H,7-10H2,1-6H3. The van der Waals surface area contributed by atoms with Crippen molar-refractivity contribution in [1.29, 1.82) is 0 Å². The van der Waals surface area contributed by atoms with Crippen molar-refractivity contribution in [3.05, 3.63) is 16.5 Å². The lowest BCUT2D eigenvalue weighted by molar-refractivity contribution is 0.0681. The molecule has 5 heteroatoms. The third kappa shape index (κ3) is 3.16. The molecule has 1 aromatic rings. The second-order valence-corrected chi connectivity index (χ2v) is 7.16. The fraction of sp³-hybridized carbons (Fsp3) is 0.750. The van der Waals surface area contributed by atoms with Gasteiger partial charge in [0.1, 0.15) is 16.8 Å². The maximum absolute atomic E-state index is 6.30. The summed E-state index contributed by atoms with van der Waals surface area (Å²) in [7, 11) is 6.46. The third-order valence-electron chi connectivity index (χ3n) is 4.72. The van der Waals surface area contributed by atoms with Crippen LogP contribution in [-0.2, 0) is 0 Å². The van der Waals surface area contributed by atoms with Crippen LogP contribution in [-0.4, -0.2) is 48.1 Å². The molecule has 1 heterocycles. The van der Waals surface area contributed by atoms with E-state index in [2.05, 4.69) is 49.8 Å². The highest BCUT2D eigenvalue weighted by Crippen LogP contribution is 2.38. The van der Waals surface area contributed by atoms with Crippen molar-refractivity contribution in [3.8, 4) is 0 Å². The Kier molecular flexibility index (Phi) is 4.79. The predicted molar refractivity (Wildman–Crippen MR) is 89.4 cm³/mol. The molecule has 118 valence electrons. The molecule has 0 spiro atoms. The lowest BCUT2D eigenvalue weighted by Gasteiger charge is -2.49. The number of nitrogens with zero attached hydrogens (tertiary/aromatic N) is 4. The Balaban J connectivity index is 2.28. The SMILES string of the molecule is Cc1c(Cl)nc(C(C)C)nc1N(C)CC1(N(C)C)CCC1. The Morgan fingerprint density at radius 3 is 2.24 bits per heavy atom. The van der Waals surface area contributed by atoms with Gasteiger partial charge >= 0.3 is 0 Å². The summed E-state index contributed by atoms with van der Waals surface area (Å²) in [5, 5.41) is 0.572. The van der Waals surface area contributed by atoms with Crippen molar-refractivity contribution in [2.24, 2.45) is 0 Å². The molecular weight excluding hydrogens is 284 g/mol. The molecule has 0 saturated heterocycles. The van der Waals surface area contributed by atoms with Crippen molar-refractivity contribution in [2.45, 2.75) is 51.5 Å². The molecule has 2 rings (SSSR count). The number of rotatable bonds is 5. The van der Waals surface area contributed by atoms with Crippen molar-refractivity contribution in [3.63, 3.8) is 0 Å². The largest absolute Gasteiger partial charge is 0.357 e. The minimum atomic E-state index is 0.274. The summed E-state index contributed by atoms with van der Waals surface area (Å²) in [4.78, 5) is 13.7. The van der Waals surface area contributed by atoms with E-state index in [0.29, 0.717) is 5.15 Å². The molecule has 1 aromatic heterocycles. The van der Waals surface area contributed by atoms with E-state index >= 15 is 0 Å². The van der Waals surface area contributed by atoms with Crippen LogP contribution in [0.2, 0.25) is 5.15 Å². The average Bonchev–Trinajstić information content (AvgIpc) is 2.35. The van der Waals surface area contributed by atoms with Gasteiger partial charge < -0.3 is 9.80 Å². The Morgan fingerprint density at radius 2 is 1.81 bits per heavy atom. The second kappa shape index (κ2) is 6.09. The van der Waals surface area contributed by atoms with E-state index < -0.39 is 0 Å². The molecule has 0 aromatic carbocycles. The molecule has 0 N–H and O–H groups in total. The van der Waals surface area contributed by atoms with Gasteiger partial charge in [0, 0.05) is 30.6 Å². The van der Waals surface area contributed by atoms with E-state index in [0.717, 1.165) is 23.8 Å². The van der Waals surface area contributed by atoms with Gasteiger partial charge in [0.2, 0.25) is 0 Å². The van der Waals surface area contributed by atoms with Crippen LogP contribution in [0.3, 0.4) is 0 Å². The molecule has 0 aliphatic heterocycles. The first-order valence-corrected chi connectivity index (χ1v) is 8.07. The van der Waals surface area contributed by atoms with Crippen LogP contribution in [0.1, 0.15) is 50.4 Å². The van der Waals surface area contributed by atoms with E-state index in [1.54, 1.807) is 0 Å². The minimum Gasteiger partial charge on any atom is -0.357 e. The van der Waals surface area contributed by atoms with Crippen molar-refractivity contribution in [1.82, 2.24) is 14.9 Å². The Labute approximate surface area is 133 Å². The van der Waals surface area contributed by atoms with Crippen LogP contribution in [0, 0.1) is 6.92 Å². The fourth-order valence-corrected chi connectivity index (χ4v) is 3.14. The number of hydrogen-bond acceptors (Lipinski definition) is 4. The predicted octanol–water partition coefficient (Wildman–Crippen LogP) is 3.48. The first-order valence-electron chi connectivity index (χ1n) is 7.69. The zero-order valence-corrected chi connectivity index (χ0v) is 14.8. The van der Waals surface area contributed by atoms with Crippen LogP contribution >= 0.6 is 11.6 Å². The smallest absolute Gasteiger partial charge is 0.137 e. The van der Waals surface area contributed by atoms with Crippen molar-refractivity contribution < 1.29 is 0 Å². The Bertz CT molecular complexity index is 509. The summed E-state index contributed by atoms with van der Waals surface area (Å²) in [6.07, 6.45) is 3.81. The van der Waals surface area contributed by atoms with Crippen LogP contribution in [0.4, 0.5) is 5.82 Å². The lowest BCUT2D eigenvalue weighted by Crippen LogP contribution is -2.57. The number of hydrogen-bond donors (Lipinski definition) is 0. The lowest BCUT2D eigenvalue weighted by atomic mass is 9.75. The normalized spacial score (nSPS) is 17.2. The summed E-state index contributed by atoms with van der Waals surface area (Å²) < 4.78 is 0. The van der Waals surface area contributed by atoms with Gasteiger partial charge in [-0.05, 0) is 40.3 Å². The number of anilines is 1. The van der Waals surface area contributed by atoms with Gasteiger partial charge in [-0.25, -0.2) is 9.97 Å². The third-order valence-corrected chi connectivity index (χ3v) is 5.09. The maximum Gasteiger partial charge on any atom is 0.137 e. The highest BCUT2D eigenvalue weighted by molar-refractivity contribution is 6.30. The number of halogens is 1. The van der Waals surface area contributed by atoms with Crippen LogP contribution < -0.4 is 4.90 Å². The van der Waals surface area contributed by atoms with Gasteiger partial charge in [0.25, 0.3) is 0 Å². The zero-order chi connectivity index (χ0) is 15.8. The molecule has 21 heavy (non-hydrogen) atoms. The average molecular weight is 311 g/mol. The van der Waals surface area contributed by atoms with Crippen molar-refractivity contribution >= 4 is 17.4 Å². The molecule has 0 radical (unpaired) electrons. The molecule has 0 amide bonds. The summed E-state index contributed by atoms with van der Waals surface area (Å²) in [6.45, 7) is 7.17. The van der Waals surface area contributed by atoms with E-state index in [1.807, 2.05) is 6.92 Å². The van der Waals surface area contributed by atoms with Gasteiger partial charge in [-0.3, -0.25) is 0 Å². The molecule has 0 atom stereocenters. The van der Waals surface area contributed by atoms with Gasteiger partial charge in [0.15, 0.2) is 0 Å². The number of aromatic nitrogens is 2. The topological polar surface area (TPSA) is 32.3 Å². The monoisotopic (exact) mass is 310 g/mol. The first-order chi connectivity index (χ1) is 9.77. The second-order valence-electron chi connectivity index (χ2n) is 6.80. The van der Waals surface area contributed by atoms with E-state index in [9.17, 15) is 0 Å². The summed E-state index contributed by atoms with van der Waals surface area (Å²) in [6, 6.07) is 0. The van der Waals surface area contributed by atoms with E-state index in [1.165, 1.54) is 19.3 Å². The van der Waals surface area contributed by atoms with Gasteiger partial charge in [0.05, 0.1) is 0 Å². The minimum absolute atomic E-state index is 0.274. The first kappa shape index (κ1) is 16.5. The fourth-order valence-electron chi connectivity index (χ4n) is 2.97. The molecule has 1 fully saturated rings. The highest BCUT2D eigenvalue weighted by Gasteiger charge is 2.40. The number of likely N-dealkylation sites (N-methyl/N-ethyl adjacent to an activating group) is 2. The summed E-state index contributed by atoms with van der Waals surface area (Å²) in [5.41, 5.74) is 1.24. The molecule has 0 bridgehead atoms. The molecule has 4 nitrogen and oxygen atoms in total. The van der Waals surface area contributed by atoms with Gasteiger partial charge in [-0.2, -0.15) is 0 Å². The Hall–Kier alpha value is -0.870. The van der Waals surface area contributed by atoms with Gasteiger partial charge in [-0.15, -0.1) is 0 Å². The van der Waals surface area contributed by atoms with Gasteiger partial charge in [-0.1, -0.05) is 25.4 Å². The maximum atomic E-state index is 6.30. The summed E-state index contributed by atoms with van der Waals surface area (Å²) in [5.74, 6) is 2.06. The Morgan fingerprint density at radius 1 is 1.19 bits per heavy atom.